The van der Waals surface area contributed by atoms with Gasteiger partial charge in [0.25, 0.3) is 6.48 Å². The van der Waals surface area contributed by atoms with Gasteiger partial charge in [-0.2, -0.15) is 0 Å². The molecule has 13 rings (SSSR count). The van der Waals surface area contributed by atoms with Crippen LogP contribution in [0.4, 0.5) is 0 Å². The number of hydrogen-bond acceptors (Lipinski definition) is 15. The van der Waals surface area contributed by atoms with Gasteiger partial charge < -0.3 is 28.4 Å². The fourth-order valence-corrected chi connectivity index (χ4v) is 15.2. The fraction of sp³-hybridized carbons (Fsp3) is 1.00. The summed E-state index contributed by atoms with van der Waals surface area (Å²) < 4.78 is 62.1. The maximum Gasteiger partial charge on any atom is 0.278 e. The van der Waals surface area contributed by atoms with Crippen LogP contribution in [-0.2, 0) is 67.1 Å². The van der Waals surface area contributed by atoms with Gasteiger partial charge in [-0.25, -0.2) is 29.7 Å². The van der Waals surface area contributed by atoms with E-state index in [1.165, 1.54) is 0 Å². The average Bonchev–Trinajstić information content (AvgIpc) is 3.69. The highest BCUT2D eigenvalue weighted by Gasteiger charge is 2.72. The third-order valence-corrected chi connectivity index (χ3v) is 19.1. The molecule has 352 valence electrons. The van der Waals surface area contributed by atoms with E-state index in [2.05, 4.69) is 41.5 Å². The number of fused-ring (bicyclic) bond motifs is 5. The zero-order valence-electron chi connectivity index (χ0n) is 38.4. The van der Waals surface area contributed by atoms with Gasteiger partial charge in [-0.05, 0) is 120 Å². The quantitative estimate of drug-likeness (QED) is 0.147. The molecular weight excluding hydrogens is 805 g/mol. The molecule has 0 aromatic heterocycles. The van der Waals surface area contributed by atoms with Crippen molar-refractivity contribution in [3.05, 3.63) is 0 Å². The fourth-order valence-electron chi connectivity index (χ4n) is 15.2. The standard InChI is InChI=1S/C47H74O15/c1-23-10-13-30-26(4)36(49-39-31(30)22-29(23)16-19-43(7,55-39)58-48)52-42(53-37-27(5)34-14-11-24(2)32-17-20-44(8)56-40(50-37)46(32,34)61-59-44)54-38-28(6)35-15-12-25(3)33-18-21-45(9)57-41(51-38)47(33,35)62-60-45/h23-42,48H,10-22H2,1-9H3/t23-,24-,25-,26-,27-,28-,29-,30+,31?,32+,33+,34+,35+,36?,37?,38?,39-,40-,41-,42?,43?,44?,45?,46-,47-/m1/s1. The van der Waals surface area contributed by atoms with E-state index in [0.29, 0.717) is 42.9 Å². The molecule has 0 aromatic carbocycles. The lowest BCUT2D eigenvalue weighted by Gasteiger charge is -2.61. The van der Waals surface area contributed by atoms with Crippen LogP contribution in [0, 0.1) is 76.9 Å². The van der Waals surface area contributed by atoms with Crippen LogP contribution < -0.4 is 0 Å². The summed E-state index contributed by atoms with van der Waals surface area (Å²) in [6.07, 6.45) is 7.30. The average molecular weight is 879 g/mol. The van der Waals surface area contributed by atoms with E-state index in [4.69, 9.17) is 67.1 Å². The predicted molar refractivity (Wildman–Crippen MR) is 214 cm³/mol. The van der Waals surface area contributed by atoms with Crippen molar-refractivity contribution in [1.82, 2.24) is 0 Å². The zero-order valence-corrected chi connectivity index (χ0v) is 38.4. The van der Waals surface area contributed by atoms with E-state index in [1.54, 1.807) is 6.92 Å². The first-order valence-corrected chi connectivity index (χ1v) is 24.6. The smallest absolute Gasteiger partial charge is 0.278 e. The molecule has 13 aliphatic rings. The van der Waals surface area contributed by atoms with Crippen LogP contribution >= 0.6 is 0 Å². The highest BCUT2D eigenvalue weighted by molar-refractivity contribution is 5.11. The summed E-state index contributed by atoms with van der Waals surface area (Å²) in [5, 5.41) is 10.2. The van der Waals surface area contributed by atoms with Crippen LogP contribution in [0.1, 0.15) is 146 Å². The van der Waals surface area contributed by atoms with Gasteiger partial charge in [0.15, 0.2) is 48.9 Å². The molecular formula is C47H74O15. The molecule has 0 aromatic rings. The van der Waals surface area contributed by atoms with Crippen molar-refractivity contribution in [2.45, 2.75) is 219 Å². The van der Waals surface area contributed by atoms with Gasteiger partial charge in [-0.15, -0.1) is 0 Å². The van der Waals surface area contributed by atoms with E-state index >= 15 is 0 Å². The molecule has 10 saturated heterocycles. The second kappa shape index (κ2) is 15.7. The van der Waals surface area contributed by atoms with Crippen LogP contribution in [0.5, 0.6) is 0 Å². The molecule has 2 spiro atoms. The second-order valence-corrected chi connectivity index (χ2v) is 22.7. The Morgan fingerprint density at radius 1 is 0.500 bits per heavy atom. The Balaban J connectivity index is 0.919. The van der Waals surface area contributed by atoms with E-state index in [-0.39, 0.29) is 53.3 Å². The van der Waals surface area contributed by atoms with E-state index in [1.807, 2.05) is 13.8 Å². The molecule has 3 aliphatic carbocycles. The molecule has 62 heavy (non-hydrogen) atoms. The molecule has 15 nitrogen and oxygen atoms in total. The van der Waals surface area contributed by atoms with Gasteiger partial charge in [-0.1, -0.05) is 48.0 Å². The minimum atomic E-state index is -1.29. The SMILES string of the molecule is C[C@@H]1CC[C@@H]2C3C[C@H]1CCC(C)(OO)O[C@H]3OC(OC(OC1O[C@@H]3OC4(C)CC[C@H]5[C@H](C)CC[C@@H]([C@H]1C)[C@@]35OO4)OC1O[C@@H]3OC4(C)CC[C@H]5[C@H](C)CC[C@@H]([C@H]1C)[C@@]35OO4)[C@@H]2C. The summed E-state index contributed by atoms with van der Waals surface area (Å²) in [5.74, 6) is -0.772. The third-order valence-electron chi connectivity index (χ3n) is 19.1. The largest absolute Gasteiger partial charge is 0.323 e. The van der Waals surface area contributed by atoms with Gasteiger partial charge in [0, 0.05) is 54.8 Å². The van der Waals surface area contributed by atoms with Crippen molar-refractivity contribution in [3.8, 4) is 0 Å². The summed E-state index contributed by atoms with van der Waals surface area (Å²) in [6.45, 7) is 17.9. The minimum Gasteiger partial charge on any atom is -0.323 e. The lowest BCUT2D eigenvalue weighted by Crippen LogP contribution is -2.71. The first kappa shape index (κ1) is 43.9. The highest BCUT2D eigenvalue weighted by atomic mass is 17.3. The topological polar surface area (TPSA) is 149 Å². The van der Waals surface area contributed by atoms with Crippen molar-refractivity contribution in [2.75, 3.05) is 0 Å². The number of rotatable bonds is 7. The van der Waals surface area contributed by atoms with Crippen molar-refractivity contribution < 1.29 is 72.3 Å². The van der Waals surface area contributed by atoms with E-state index < -0.39 is 72.8 Å². The van der Waals surface area contributed by atoms with Crippen LogP contribution in [0.3, 0.4) is 0 Å². The molecule has 7 unspecified atom stereocenters. The zero-order chi connectivity index (χ0) is 43.1. The molecule has 0 amide bonds. The van der Waals surface area contributed by atoms with E-state index in [9.17, 15) is 5.26 Å². The first-order chi connectivity index (χ1) is 29.6. The molecule has 15 heteroatoms. The van der Waals surface area contributed by atoms with Crippen molar-refractivity contribution in [2.24, 2.45) is 76.9 Å². The Bertz CT molecular complexity index is 1580. The minimum absolute atomic E-state index is 0.0282. The normalized spacial score (nSPS) is 59.6. The van der Waals surface area contributed by atoms with Crippen LogP contribution in [0.15, 0.2) is 0 Å². The van der Waals surface area contributed by atoms with Gasteiger partial charge in [0.05, 0.1) is 0 Å². The summed E-state index contributed by atoms with van der Waals surface area (Å²) >= 11 is 0. The predicted octanol–water partition coefficient (Wildman–Crippen LogP) is 8.74. The Morgan fingerprint density at radius 3 is 1.55 bits per heavy atom. The van der Waals surface area contributed by atoms with Crippen molar-refractivity contribution in [1.29, 1.82) is 0 Å². The summed E-state index contributed by atoms with van der Waals surface area (Å²) in [4.78, 5) is 30.3. The maximum atomic E-state index is 10.2. The monoisotopic (exact) mass is 879 g/mol. The Kier molecular flexibility index (Phi) is 11.1. The summed E-state index contributed by atoms with van der Waals surface area (Å²) in [6, 6.07) is 0. The van der Waals surface area contributed by atoms with Gasteiger partial charge in [0.1, 0.15) is 0 Å². The van der Waals surface area contributed by atoms with Gasteiger partial charge >= 0.3 is 0 Å². The molecule has 24 atom stereocenters. The molecule has 6 bridgehead atoms. The number of ether oxygens (including phenoxy) is 9. The van der Waals surface area contributed by atoms with Crippen LogP contribution in [0.25, 0.3) is 0 Å². The van der Waals surface area contributed by atoms with Crippen LogP contribution in [0.2, 0.25) is 0 Å². The van der Waals surface area contributed by atoms with Crippen molar-refractivity contribution >= 4 is 0 Å². The Morgan fingerprint density at radius 2 is 1.02 bits per heavy atom. The first-order valence-electron chi connectivity index (χ1n) is 24.6. The lowest BCUT2D eigenvalue weighted by atomic mass is 9.58. The van der Waals surface area contributed by atoms with E-state index in [0.717, 1.165) is 64.2 Å². The maximum absolute atomic E-state index is 10.2. The Labute approximate surface area is 367 Å². The van der Waals surface area contributed by atoms with Crippen LogP contribution in [-0.4, -0.2) is 78.0 Å². The molecule has 10 aliphatic heterocycles. The summed E-state index contributed by atoms with van der Waals surface area (Å²) in [5.41, 5.74) is -1.52. The lowest BCUT2D eigenvalue weighted by molar-refractivity contribution is -0.588. The van der Waals surface area contributed by atoms with Crippen molar-refractivity contribution in [3.63, 3.8) is 0 Å². The summed E-state index contributed by atoms with van der Waals surface area (Å²) in [7, 11) is 0. The molecule has 10 heterocycles. The molecule has 13 fully saturated rings. The molecule has 1 N–H and O–H groups in total. The highest BCUT2D eigenvalue weighted by Crippen LogP contribution is 2.63. The van der Waals surface area contributed by atoms with Gasteiger partial charge in [-0.3, -0.25) is 14.2 Å². The van der Waals surface area contributed by atoms with Gasteiger partial charge in [0.2, 0.25) is 17.4 Å². The molecule has 3 saturated carbocycles. The Hall–Kier alpha value is -0.600. The molecule has 0 radical (unpaired) electrons. The second-order valence-electron chi connectivity index (χ2n) is 22.7. The third kappa shape index (κ3) is 6.82. The number of hydrogen-bond donors (Lipinski definition) is 1.